The Morgan fingerprint density at radius 2 is 1.74 bits per heavy atom. The van der Waals surface area contributed by atoms with E-state index in [0.717, 1.165) is 35.3 Å². The number of rotatable bonds is 5. The molecule has 3 aliphatic heterocycles. The lowest BCUT2D eigenvalue weighted by molar-refractivity contribution is 0.0515. The van der Waals surface area contributed by atoms with E-state index in [0.29, 0.717) is 41.3 Å². The van der Waals surface area contributed by atoms with Gasteiger partial charge in [0.25, 0.3) is 5.91 Å². The number of ether oxygens (including phenoxy) is 3. The normalized spacial score (nSPS) is 18.3. The van der Waals surface area contributed by atoms with Crippen LogP contribution in [0.25, 0.3) is 33.3 Å². The van der Waals surface area contributed by atoms with Crippen LogP contribution in [0.5, 0.6) is 5.75 Å². The van der Waals surface area contributed by atoms with Crippen molar-refractivity contribution in [3.8, 4) is 28.0 Å². The SMILES string of the molecule is COC(=O)c1cc(F)c(-c2cccc3c2OCN(C(=O)c2c(Cl)cc(-c4cncc5c4nc(C)n5C)cc2Cl)C3)cc1N1C2CCC1COC2. The van der Waals surface area contributed by atoms with Crippen LogP contribution in [0.2, 0.25) is 10.0 Å². The number of fused-ring (bicyclic) bond motifs is 4. The van der Waals surface area contributed by atoms with Gasteiger partial charge in [0.15, 0.2) is 6.73 Å². The molecule has 50 heavy (non-hydrogen) atoms. The summed E-state index contributed by atoms with van der Waals surface area (Å²) in [5.41, 5.74) is 5.43. The third-order valence-electron chi connectivity index (χ3n) is 9.99. The molecule has 0 saturated carbocycles. The molecule has 2 atom stereocenters. The second-order valence-electron chi connectivity index (χ2n) is 12.8. The quantitative estimate of drug-likeness (QED) is 0.176. The number of carbonyl (C=O) groups excluding carboxylic acids is 2. The van der Waals surface area contributed by atoms with Crippen LogP contribution in [0, 0.1) is 12.7 Å². The van der Waals surface area contributed by atoms with Crippen LogP contribution in [-0.2, 0) is 23.1 Å². The maximum absolute atomic E-state index is 15.9. The van der Waals surface area contributed by atoms with E-state index in [9.17, 15) is 9.59 Å². The van der Waals surface area contributed by atoms with Crippen molar-refractivity contribution in [3.63, 3.8) is 0 Å². The summed E-state index contributed by atoms with van der Waals surface area (Å²) in [7, 11) is 3.21. The van der Waals surface area contributed by atoms with Crippen molar-refractivity contribution in [2.45, 2.75) is 38.4 Å². The molecule has 13 heteroatoms. The van der Waals surface area contributed by atoms with Crippen molar-refractivity contribution < 1.29 is 28.2 Å². The highest BCUT2D eigenvalue weighted by Gasteiger charge is 2.40. The van der Waals surface area contributed by atoms with Gasteiger partial charge in [0, 0.05) is 35.5 Å². The van der Waals surface area contributed by atoms with E-state index < -0.39 is 17.7 Å². The highest BCUT2D eigenvalue weighted by atomic mass is 35.5. The number of methoxy groups -OCH3 is 1. The Bertz CT molecular complexity index is 2190. The summed E-state index contributed by atoms with van der Waals surface area (Å²) in [5.74, 6) is -0.321. The van der Waals surface area contributed by atoms with Gasteiger partial charge in [-0.3, -0.25) is 9.78 Å². The third-order valence-corrected chi connectivity index (χ3v) is 10.6. The molecule has 5 aromatic rings. The van der Waals surface area contributed by atoms with Crippen molar-refractivity contribution in [2.24, 2.45) is 7.05 Å². The molecule has 0 aliphatic carbocycles. The first kappa shape index (κ1) is 32.5. The lowest BCUT2D eigenvalue weighted by atomic mass is 9.96. The van der Waals surface area contributed by atoms with Crippen molar-refractivity contribution in [1.29, 1.82) is 0 Å². The number of benzene rings is 3. The summed E-state index contributed by atoms with van der Waals surface area (Å²) in [6, 6.07) is 11.9. The van der Waals surface area contributed by atoms with Crippen molar-refractivity contribution in [2.75, 3.05) is 32.0 Å². The fourth-order valence-electron chi connectivity index (χ4n) is 7.41. The number of aromatic nitrogens is 3. The average Bonchev–Trinajstić information content (AvgIpc) is 3.54. The van der Waals surface area contributed by atoms with E-state index in [-0.39, 0.29) is 52.1 Å². The number of amides is 1. The fourth-order valence-corrected chi connectivity index (χ4v) is 8.06. The second-order valence-corrected chi connectivity index (χ2v) is 13.6. The Labute approximate surface area is 297 Å². The third kappa shape index (κ3) is 5.26. The van der Waals surface area contributed by atoms with Crippen LogP contribution in [0.3, 0.4) is 0 Å². The van der Waals surface area contributed by atoms with E-state index >= 15 is 4.39 Å². The number of imidazole rings is 1. The molecule has 0 spiro atoms. The van der Waals surface area contributed by atoms with Gasteiger partial charge in [0.1, 0.15) is 17.4 Å². The Morgan fingerprint density at radius 1 is 1.00 bits per heavy atom. The fraction of sp³-hybridized carbons (Fsp3) is 0.297. The number of nitrogens with zero attached hydrogens (tertiary/aromatic N) is 5. The molecule has 2 aromatic heterocycles. The minimum absolute atomic E-state index is 0.0771. The molecule has 1 amide bonds. The molecule has 2 fully saturated rings. The molecule has 2 bridgehead atoms. The van der Waals surface area contributed by atoms with Gasteiger partial charge < -0.3 is 28.6 Å². The first-order valence-electron chi connectivity index (χ1n) is 16.2. The summed E-state index contributed by atoms with van der Waals surface area (Å²) in [6.45, 7) is 3.04. The molecule has 8 rings (SSSR count). The topological polar surface area (TPSA) is 99.0 Å². The van der Waals surface area contributed by atoms with Gasteiger partial charge in [-0.2, -0.15) is 0 Å². The van der Waals surface area contributed by atoms with Crippen molar-refractivity contribution in [1.82, 2.24) is 19.4 Å². The van der Waals surface area contributed by atoms with Crippen molar-refractivity contribution in [3.05, 3.63) is 93.2 Å². The zero-order valence-electron chi connectivity index (χ0n) is 27.5. The molecule has 3 aliphatic rings. The first-order valence-corrected chi connectivity index (χ1v) is 17.0. The second kappa shape index (κ2) is 12.6. The largest absolute Gasteiger partial charge is 0.472 e. The Balaban J connectivity index is 1.11. The monoisotopic (exact) mass is 715 g/mol. The minimum atomic E-state index is -0.609. The van der Waals surface area contributed by atoms with Gasteiger partial charge in [0.2, 0.25) is 0 Å². The number of hydrogen-bond donors (Lipinski definition) is 0. The molecule has 0 radical (unpaired) electrons. The number of pyridine rings is 1. The number of para-hydroxylation sites is 1. The zero-order chi connectivity index (χ0) is 34.8. The van der Waals surface area contributed by atoms with Gasteiger partial charge in [-0.05, 0) is 49.6 Å². The summed E-state index contributed by atoms with van der Waals surface area (Å²) in [4.78, 5) is 39.5. The Morgan fingerprint density at radius 3 is 2.46 bits per heavy atom. The van der Waals surface area contributed by atoms with Crippen LogP contribution < -0.4 is 9.64 Å². The van der Waals surface area contributed by atoms with E-state index in [1.807, 2.05) is 24.6 Å². The molecule has 5 heterocycles. The highest BCUT2D eigenvalue weighted by Crippen LogP contribution is 2.44. The van der Waals surface area contributed by atoms with Crippen LogP contribution in [0.4, 0.5) is 10.1 Å². The number of esters is 1. The molecule has 2 saturated heterocycles. The number of halogens is 3. The Hall–Kier alpha value is -4.71. The minimum Gasteiger partial charge on any atom is -0.472 e. The number of aryl methyl sites for hydroxylation is 2. The number of hydrogen-bond acceptors (Lipinski definition) is 8. The molecule has 3 aromatic carbocycles. The summed E-state index contributed by atoms with van der Waals surface area (Å²) in [5, 5.41) is 0.359. The molecular formula is C37H32Cl2FN5O5. The van der Waals surface area contributed by atoms with Crippen LogP contribution >= 0.6 is 23.2 Å². The summed E-state index contributed by atoms with van der Waals surface area (Å²) < 4.78 is 34.9. The summed E-state index contributed by atoms with van der Waals surface area (Å²) in [6.07, 6.45) is 5.28. The maximum atomic E-state index is 15.9. The molecule has 2 unspecified atom stereocenters. The maximum Gasteiger partial charge on any atom is 0.340 e. The average molecular weight is 717 g/mol. The van der Waals surface area contributed by atoms with Gasteiger partial charge in [-0.1, -0.05) is 41.4 Å². The number of carbonyl (C=O) groups is 2. The van der Waals surface area contributed by atoms with Gasteiger partial charge in [-0.25, -0.2) is 14.2 Å². The summed E-state index contributed by atoms with van der Waals surface area (Å²) >= 11 is 13.5. The van der Waals surface area contributed by atoms with Gasteiger partial charge in [-0.15, -0.1) is 0 Å². The van der Waals surface area contributed by atoms with Gasteiger partial charge >= 0.3 is 5.97 Å². The molecular weight excluding hydrogens is 684 g/mol. The van der Waals surface area contributed by atoms with E-state index in [1.54, 1.807) is 42.7 Å². The lowest BCUT2D eigenvalue weighted by Gasteiger charge is -2.37. The zero-order valence-corrected chi connectivity index (χ0v) is 29.0. The van der Waals surface area contributed by atoms with E-state index in [4.69, 9.17) is 37.4 Å². The van der Waals surface area contributed by atoms with Crippen molar-refractivity contribution >= 4 is 51.8 Å². The van der Waals surface area contributed by atoms with Crippen LogP contribution in [0.15, 0.2) is 54.9 Å². The number of morpholine rings is 1. The first-order chi connectivity index (χ1) is 24.1. The number of anilines is 1. The predicted octanol–water partition coefficient (Wildman–Crippen LogP) is 7.20. The predicted molar refractivity (Wildman–Crippen MR) is 187 cm³/mol. The highest BCUT2D eigenvalue weighted by molar-refractivity contribution is 6.40. The van der Waals surface area contributed by atoms with E-state index in [1.165, 1.54) is 18.1 Å². The molecule has 0 N–H and O–H groups in total. The molecule has 256 valence electrons. The van der Waals surface area contributed by atoms with Gasteiger partial charge in [0.05, 0.1) is 83.0 Å². The van der Waals surface area contributed by atoms with Crippen LogP contribution in [-0.4, -0.2) is 70.4 Å². The molecule has 10 nitrogen and oxygen atoms in total. The lowest BCUT2D eigenvalue weighted by Crippen LogP contribution is -2.46. The Kier molecular flexibility index (Phi) is 8.16. The smallest absolute Gasteiger partial charge is 0.340 e. The van der Waals surface area contributed by atoms with Crippen LogP contribution in [0.1, 0.15) is 44.9 Å². The standard InChI is InChI=1S/C37H32Cl2FN5O5/c1-19-42-34-27(13-41-14-32(34)43(19)2)21-9-28(38)33(29(39)10-21)36(46)44-15-20-5-4-6-24(35(20)50-18-44)25-12-31(26(11-30(25)40)37(47)48-3)45-22-7-8-23(45)17-49-16-22/h4-6,9-14,22-23H,7-8,15-18H2,1-3H3. The van der Waals surface area contributed by atoms with E-state index in [2.05, 4.69) is 14.9 Å².